The maximum atomic E-state index is 2.43. The highest BCUT2D eigenvalue weighted by Gasteiger charge is 2.37. The minimum absolute atomic E-state index is 0.210. The summed E-state index contributed by atoms with van der Waals surface area (Å²) >= 11 is 1.94. The van der Waals surface area contributed by atoms with Crippen molar-refractivity contribution in [1.82, 2.24) is 0 Å². The van der Waals surface area contributed by atoms with E-state index in [1.165, 1.54) is 58.9 Å². The number of rotatable bonds is 4. The first-order valence-electron chi connectivity index (χ1n) is 13.8. The van der Waals surface area contributed by atoms with Crippen LogP contribution in [0.5, 0.6) is 0 Å². The van der Waals surface area contributed by atoms with Crippen LogP contribution in [0, 0.1) is 6.92 Å². The van der Waals surface area contributed by atoms with Crippen molar-refractivity contribution in [2.24, 2.45) is 0 Å². The Labute approximate surface area is 239 Å². The summed E-state index contributed by atoms with van der Waals surface area (Å²) in [5.41, 5.74) is 10.4. The molecule has 0 fully saturated rings. The van der Waals surface area contributed by atoms with Crippen molar-refractivity contribution in [3.05, 3.63) is 145 Å². The van der Waals surface area contributed by atoms with E-state index in [0.29, 0.717) is 0 Å². The van der Waals surface area contributed by atoms with Crippen LogP contribution < -0.4 is 21.3 Å². The molecule has 0 saturated heterocycles. The molecule has 7 aromatic rings. The van der Waals surface area contributed by atoms with Crippen LogP contribution in [0.3, 0.4) is 0 Å². The van der Waals surface area contributed by atoms with Gasteiger partial charge in [-0.05, 0) is 82.6 Å². The van der Waals surface area contributed by atoms with Gasteiger partial charge < -0.3 is 4.90 Å². The minimum Gasteiger partial charge on any atom is -0.310 e. The van der Waals surface area contributed by atoms with Gasteiger partial charge in [0.05, 0.1) is 0 Å². The molecule has 1 nitrogen and oxygen atoms in total. The molecule has 8 rings (SSSR count). The molecule has 0 saturated carbocycles. The zero-order valence-electron chi connectivity index (χ0n) is 22.2. The number of benzene rings is 6. The first kappa shape index (κ1) is 23.3. The highest BCUT2D eigenvalue weighted by molar-refractivity contribution is 7.26. The highest BCUT2D eigenvalue weighted by Crippen LogP contribution is 2.38. The van der Waals surface area contributed by atoms with Crippen LogP contribution in [-0.2, 0) is 0 Å². The zero-order valence-corrected chi connectivity index (χ0v) is 23.0. The van der Waals surface area contributed by atoms with Crippen LogP contribution in [0.4, 0.5) is 17.1 Å². The molecule has 1 aromatic heterocycles. The summed E-state index contributed by atoms with van der Waals surface area (Å²) in [6.07, 6.45) is 0. The predicted molar refractivity (Wildman–Crippen MR) is 175 cm³/mol. The van der Waals surface area contributed by atoms with E-state index < -0.39 is 0 Å². The number of fused-ring (bicyclic) bond motifs is 6. The number of hydrogen-bond donors (Lipinski definition) is 0. The topological polar surface area (TPSA) is 3.24 Å². The minimum atomic E-state index is 0.210. The third-order valence-corrected chi connectivity index (χ3v) is 9.47. The van der Waals surface area contributed by atoms with Crippen molar-refractivity contribution in [2.75, 3.05) is 4.90 Å². The third kappa shape index (κ3) is 3.62. The number of nitrogens with zero attached hydrogens (tertiary/aromatic N) is 1. The number of aryl methyl sites for hydroxylation is 1. The standard InChI is InChI=1S/C37H26BNS/c1-25-22-30(39(28-14-4-2-5-15-28)29-16-6-3-7-17-29)20-21-33(25)38-34-24-27-13-9-8-12-26(27)23-32(34)37-36(38)31-18-10-11-19-35(31)40-37/h2-24H,1H3. The van der Waals surface area contributed by atoms with Crippen molar-refractivity contribution in [2.45, 2.75) is 6.92 Å². The van der Waals surface area contributed by atoms with Crippen LogP contribution >= 0.6 is 11.3 Å². The van der Waals surface area contributed by atoms with Gasteiger partial charge in [-0.1, -0.05) is 107 Å². The van der Waals surface area contributed by atoms with Crippen LogP contribution in [-0.4, -0.2) is 6.71 Å². The van der Waals surface area contributed by atoms with Crippen molar-refractivity contribution < 1.29 is 0 Å². The van der Waals surface area contributed by atoms with Crippen molar-refractivity contribution in [3.63, 3.8) is 0 Å². The average Bonchev–Trinajstić information content (AvgIpc) is 3.52. The summed E-state index contributed by atoms with van der Waals surface area (Å²) < 4.78 is 1.37. The molecule has 0 unspecified atom stereocenters. The maximum absolute atomic E-state index is 2.43. The first-order chi connectivity index (χ1) is 19.8. The monoisotopic (exact) mass is 527 g/mol. The van der Waals surface area contributed by atoms with E-state index in [1.54, 1.807) is 0 Å². The van der Waals surface area contributed by atoms with E-state index in [1.807, 2.05) is 11.3 Å². The molecule has 1 aliphatic rings. The fourth-order valence-corrected chi connectivity index (χ4v) is 7.73. The van der Waals surface area contributed by atoms with Gasteiger partial charge in [0.25, 0.3) is 0 Å². The van der Waals surface area contributed by atoms with Crippen LogP contribution in [0.1, 0.15) is 5.56 Å². The van der Waals surface area contributed by atoms with Crippen LogP contribution in [0.2, 0.25) is 0 Å². The van der Waals surface area contributed by atoms with Crippen LogP contribution in [0.15, 0.2) is 140 Å². The Hall–Kier alpha value is -4.60. The highest BCUT2D eigenvalue weighted by atomic mass is 32.1. The summed E-state index contributed by atoms with van der Waals surface area (Å²) in [7, 11) is 0. The summed E-state index contributed by atoms with van der Waals surface area (Å²) in [6, 6.07) is 50.8. The maximum Gasteiger partial charge on any atom is 0.245 e. The second kappa shape index (κ2) is 9.26. The average molecular weight is 528 g/mol. The molecule has 1 aliphatic heterocycles. The second-order valence-electron chi connectivity index (χ2n) is 10.6. The fraction of sp³-hybridized carbons (Fsp3) is 0.0270. The fourth-order valence-electron chi connectivity index (χ4n) is 6.45. The van der Waals surface area contributed by atoms with Gasteiger partial charge in [-0.2, -0.15) is 0 Å². The van der Waals surface area contributed by atoms with Gasteiger partial charge in [0.15, 0.2) is 0 Å². The van der Waals surface area contributed by atoms with Gasteiger partial charge in [-0.15, -0.1) is 11.3 Å². The van der Waals surface area contributed by atoms with E-state index in [-0.39, 0.29) is 6.71 Å². The Bertz CT molecular complexity index is 1990. The smallest absolute Gasteiger partial charge is 0.245 e. The molecule has 0 bridgehead atoms. The summed E-state index contributed by atoms with van der Waals surface area (Å²) in [6.45, 7) is 2.49. The first-order valence-corrected chi connectivity index (χ1v) is 14.6. The van der Waals surface area contributed by atoms with E-state index >= 15 is 0 Å². The van der Waals surface area contributed by atoms with Crippen molar-refractivity contribution in [1.29, 1.82) is 0 Å². The van der Waals surface area contributed by atoms with Gasteiger partial charge in [-0.25, -0.2) is 0 Å². The molecule has 188 valence electrons. The van der Waals surface area contributed by atoms with E-state index in [9.17, 15) is 0 Å². The Balaban J connectivity index is 1.33. The molecule has 0 amide bonds. The van der Waals surface area contributed by atoms with Gasteiger partial charge >= 0.3 is 0 Å². The second-order valence-corrected chi connectivity index (χ2v) is 11.7. The normalized spacial score (nSPS) is 12.1. The lowest BCUT2D eigenvalue weighted by Gasteiger charge is -2.26. The number of thiophene rings is 1. The third-order valence-electron chi connectivity index (χ3n) is 8.25. The molecule has 40 heavy (non-hydrogen) atoms. The predicted octanol–water partition coefficient (Wildman–Crippen LogP) is 8.33. The zero-order chi connectivity index (χ0) is 26.6. The number of para-hydroxylation sites is 2. The molecule has 0 atom stereocenters. The molecular weight excluding hydrogens is 501 g/mol. The number of anilines is 3. The molecule has 2 heterocycles. The van der Waals surface area contributed by atoms with Crippen LogP contribution in [0.25, 0.3) is 31.3 Å². The van der Waals surface area contributed by atoms with E-state index in [4.69, 9.17) is 0 Å². The lowest BCUT2D eigenvalue weighted by atomic mass is 9.38. The lowest BCUT2D eigenvalue weighted by molar-refractivity contribution is 1.27. The Morgan fingerprint density at radius 2 is 1.18 bits per heavy atom. The quantitative estimate of drug-likeness (QED) is 0.208. The summed E-state index contributed by atoms with van der Waals surface area (Å²) in [4.78, 5) is 3.77. The van der Waals surface area contributed by atoms with Gasteiger partial charge in [0, 0.05) is 26.6 Å². The molecule has 0 aliphatic carbocycles. The van der Waals surface area contributed by atoms with Crippen molar-refractivity contribution >= 4 is 72.4 Å². The van der Waals surface area contributed by atoms with E-state index in [0.717, 1.165) is 11.4 Å². The molecule has 3 heteroatoms. The molecule has 0 spiro atoms. The Morgan fingerprint density at radius 3 is 1.88 bits per heavy atom. The molecule has 6 aromatic carbocycles. The summed E-state index contributed by atoms with van der Waals surface area (Å²) in [5, 5.41) is 3.99. The Kier molecular flexibility index (Phi) is 5.39. The SMILES string of the molecule is Cc1cc(N(c2ccccc2)c2ccccc2)ccc1B1c2cc3ccccc3cc2-c2sc3ccccc3c21. The summed E-state index contributed by atoms with van der Waals surface area (Å²) in [5.74, 6) is 0. The number of hydrogen-bond acceptors (Lipinski definition) is 2. The van der Waals surface area contributed by atoms with Gasteiger partial charge in [0.2, 0.25) is 6.71 Å². The van der Waals surface area contributed by atoms with Gasteiger partial charge in [-0.3, -0.25) is 0 Å². The largest absolute Gasteiger partial charge is 0.310 e. The Morgan fingerprint density at radius 1 is 0.550 bits per heavy atom. The molecule has 0 N–H and O–H groups in total. The van der Waals surface area contributed by atoms with Crippen molar-refractivity contribution in [3.8, 4) is 10.4 Å². The van der Waals surface area contributed by atoms with Gasteiger partial charge in [0.1, 0.15) is 0 Å². The molecule has 0 radical (unpaired) electrons. The molecular formula is C37H26BNS. The van der Waals surface area contributed by atoms with E-state index in [2.05, 4.69) is 151 Å². The lowest BCUT2D eigenvalue weighted by Crippen LogP contribution is -2.50.